The number of likely N-dealkylation sites (N-methyl/N-ethyl adjacent to an activating group) is 1. The topological polar surface area (TPSA) is 96.0 Å². The molecule has 8 nitrogen and oxygen atoms in total. The average Bonchev–Trinajstić information content (AvgIpc) is 2.76. The van der Waals surface area contributed by atoms with Crippen LogP contribution in [0, 0.1) is 5.92 Å². The van der Waals surface area contributed by atoms with Crippen LogP contribution in [0.3, 0.4) is 0 Å². The van der Waals surface area contributed by atoms with Gasteiger partial charge < -0.3 is 10.2 Å². The molecule has 0 bridgehead atoms. The highest BCUT2D eigenvalue weighted by Gasteiger charge is 2.35. The Hall–Kier alpha value is -1.96. The lowest BCUT2D eigenvalue weighted by molar-refractivity contribution is -0.198. The first-order chi connectivity index (χ1) is 11.7. The predicted octanol–water partition coefficient (Wildman–Crippen LogP) is -0.316. The Kier molecular flexibility index (Phi) is 4.20. The Morgan fingerprint density at radius 3 is 2.32 bits per heavy atom. The first-order valence-corrected chi connectivity index (χ1v) is 6.79. The van der Waals surface area contributed by atoms with Crippen molar-refractivity contribution in [3.8, 4) is 0 Å². The molecule has 2 unspecified atom stereocenters. The van der Waals surface area contributed by atoms with E-state index < -0.39 is 42.6 Å². The van der Waals surface area contributed by atoms with Crippen molar-refractivity contribution in [2.45, 2.75) is 45.6 Å². The van der Waals surface area contributed by atoms with Crippen molar-refractivity contribution in [3.63, 3.8) is 0 Å². The van der Waals surface area contributed by atoms with Gasteiger partial charge in [0.2, 0.25) is 5.91 Å². The van der Waals surface area contributed by atoms with Crippen LogP contribution in [-0.2, 0) is 24.0 Å². The summed E-state index contributed by atoms with van der Waals surface area (Å²) in [4.78, 5) is 53.9. The second-order valence-electron chi connectivity index (χ2n) is 5.48. The molecule has 0 aromatic carbocycles. The van der Waals surface area contributed by atoms with Gasteiger partial charge in [-0.25, -0.2) is 4.79 Å². The van der Waals surface area contributed by atoms with E-state index in [1.807, 2.05) is 5.32 Å². The van der Waals surface area contributed by atoms with Gasteiger partial charge in [0.1, 0.15) is 6.02 Å². The van der Waals surface area contributed by atoms with Crippen molar-refractivity contribution < 1.29 is 29.5 Å². The fraction of sp³-hybridized carbons (Fsp3) is 0.714. The van der Waals surface area contributed by atoms with Crippen LogP contribution in [0.5, 0.6) is 0 Å². The molecule has 0 saturated carbocycles. The number of imide groups is 1. The zero-order chi connectivity index (χ0) is 20.4. The van der Waals surface area contributed by atoms with Gasteiger partial charge in [0.05, 0.1) is 7.41 Å². The number of hydrogen-bond donors (Lipinski definition) is 1. The Morgan fingerprint density at radius 1 is 1.36 bits per heavy atom. The molecule has 0 aromatic heterocycles. The van der Waals surface area contributed by atoms with Crippen LogP contribution in [-0.4, -0.2) is 59.8 Å². The third-order valence-electron chi connectivity index (χ3n) is 3.09. The third-order valence-corrected chi connectivity index (χ3v) is 3.09. The highest BCUT2D eigenvalue weighted by atomic mass is 18.1. The number of carbonyl (C=O) groups excluding carboxylic acids is 4. The molecule has 0 spiro atoms. The summed E-state index contributed by atoms with van der Waals surface area (Å²) in [5.41, 5.74) is 0. The molecule has 22 heavy (non-hydrogen) atoms. The number of hydrogen-bond acceptors (Lipinski definition) is 6. The Balaban J connectivity index is 3.11. The van der Waals surface area contributed by atoms with Crippen LogP contribution >= 0.6 is 0 Å². The van der Waals surface area contributed by atoms with E-state index in [0.717, 1.165) is 0 Å². The highest BCUT2D eigenvalue weighted by molar-refractivity contribution is 6.02. The summed E-state index contributed by atoms with van der Waals surface area (Å²) in [5, 5.41) is 2.03. The molecule has 1 heterocycles. The summed E-state index contributed by atoms with van der Waals surface area (Å²) in [6.45, 7) is 0.121. The predicted molar refractivity (Wildman–Crippen MR) is 77.1 cm³/mol. The molecule has 1 N–H and O–H groups in total. The first-order valence-electron chi connectivity index (χ1n) is 8.79. The van der Waals surface area contributed by atoms with Crippen LogP contribution in [0.25, 0.3) is 0 Å². The second kappa shape index (κ2) is 7.35. The number of nitrogens with zero attached hydrogens (tertiary/aromatic N) is 2. The first kappa shape index (κ1) is 12.6. The van der Waals surface area contributed by atoms with Gasteiger partial charge >= 0.3 is 5.97 Å². The molecule has 1 aliphatic heterocycles. The largest absolute Gasteiger partial charge is 0.354 e. The fourth-order valence-electron chi connectivity index (χ4n) is 2.17. The SMILES string of the molecule is [2H]C([2H])([2H])C([2H])(NC(=[18O])C(C(C)C)N(C)C)C(=[18O])ON1C(=O)CCC1=O. The van der Waals surface area contributed by atoms with Crippen molar-refractivity contribution in [3.05, 3.63) is 0 Å². The van der Waals surface area contributed by atoms with Gasteiger partial charge in [-0.05, 0) is 26.9 Å². The zero-order valence-corrected chi connectivity index (χ0v) is 13.0. The maximum Gasteiger partial charge on any atom is 0.354 e. The highest BCUT2D eigenvalue weighted by Crippen LogP contribution is 2.13. The van der Waals surface area contributed by atoms with Gasteiger partial charge in [0, 0.05) is 17.0 Å². The number of hydroxylamine groups is 2. The molecule has 0 aromatic rings. The molecule has 124 valence electrons. The molecule has 1 rings (SSSR count). The van der Waals surface area contributed by atoms with Gasteiger partial charge in [-0.3, -0.25) is 19.3 Å². The normalized spacial score (nSPS) is 22.5. The molecule has 3 amide bonds. The van der Waals surface area contributed by atoms with E-state index in [0.29, 0.717) is 0 Å². The van der Waals surface area contributed by atoms with Crippen LogP contribution in [0.15, 0.2) is 0 Å². The molecule has 1 saturated heterocycles. The minimum absolute atomic E-state index is 0.134. The number of amides is 3. The van der Waals surface area contributed by atoms with Gasteiger partial charge in [-0.15, -0.1) is 5.06 Å². The molecule has 2 atom stereocenters. The zero-order valence-electron chi connectivity index (χ0n) is 17.0. The van der Waals surface area contributed by atoms with Gasteiger partial charge in [0.25, 0.3) is 11.8 Å². The van der Waals surface area contributed by atoms with Crippen molar-refractivity contribution in [1.29, 1.82) is 0 Å². The maximum absolute atomic E-state index is 12.5. The molecule has 0 radical (unpaired) electrons. The standard InChI is InChI=1S/C14H23N3O5/c1-8(2)12(16(4)5)13(20)15-9(3)14(21)22-17-10(18)6-7-11(17)19/h8-9,12H,6-7H2,1-5H3,(H,15,20)/i3D3,9D,20+2,21+2. The molecule has 8 heteroatoms. The maximum atomic E-state index is 12.5. The van der Waals surface area contributed by atoms with Crippen LogP contribution in [0.2, 0.25) is 0 Å². The molecular weight excluding hydrogens is 294 g/mol. The minimum atomic E-state index is -3.31. The molecule has 0 aliphatic carbocycles. The lowest BCUT2D eigenvalue weighted by Crippen LogP contribution is -2.52. The van der Waals surface area contributed by atoms with E-state index in [9.17, 15) is 19.2 Å². The second-order valence-corrected chi connectivity index (χ2v) is 5.48. The summed E-state index contributed by atoms with van der Waals surface area (Å²) in [6, 6.07) is -4.00. The lowest BCUT2D eigenvalue weighted by atomic mass is 10.0. The van der Waals surface area contributed by atoms with Gasteiger partial charge in [-0.1, -0.05) is 13.8 Å². The van der Waals surface area contributed by atoms with E-state index >= 15 is 0 Å². The smallest absolute Gasteiger partial charge is 0.341 e. The number of nitrogens with one attached hydrogen (secondary N) is 1. The summed E-state index contributed by atoms with van der Waals surface area (Å²) in [7, 11) is 3.18. The van der Waals surface area contributed by atoms with E-state index in [1.54, 1.807) is 27.9 Å². The van der Waals surface area contributed by atoms with Crippen molar-refractivity contribution in [2.75, 3.05) is 14.1 Å². The monoisotopic (exact) mass is 321 g/mol. The molecular formula is C14H23N3O5. The van der Waals surface area contributed by atoms with Gasteiger partial charge in [0.15, 0.2) is 0 Å². The van der Waals surface area contributed by atoms with E-state index in [4.69, 9.17) is 5.48 Å². The van der Waals surface area contributed by atoms with Crippen LogP contribution in [0.1, 0.15) is 39.0 Å². The lowest BCUT2D eigenvalue weighted by Gasteiger charge is -2.28. The van der Waals surface area contributed by atoms with Crippen LogP contribution < -0.4 is 5.32 Å². The van der Waals surface area contributed by atoms with E-state index in [-0.39, 0.29) is 23.8 Å². The summed E-state index contributed by atoms with van der Waals surface area (Å²) < 4.78 is 30.4. The summed E-state index contributed by atoms with van der Waals surface area (Å²) in [6.07, 6.45) is -0.374. The third kappa shape index (κ3) is 4.27. The Labute approximate surface area is 135 Å². The molecule has 1 fully saturated rings. The quantitative estimate of drug-likeness (QED) is 0.532. The Bertz CT molecular complexity index is 584. The van der Waals surface area contributed by atoms with Crippen molar-refractivity contribution in [1.82, 2.24) is 15.3 Å². The van der Waals surface area contributed by atoms with E-state index in [2.05, 4.69) is 4.84 Å². The summed E-state index contributed by atoms with van der Waals surface area (Å²) >= 11 is 0. The van der Waals surface area contributed by atoms with Crippen molar-refractivity contribution >= 4 is 23.7 Å². The molecule has 1 aliphatic rings. The average molecular weight is 321 g/mol. The Morgan fingerprint density at radius 2 is 1.91 bits per heavy atom. The van der Waals surface area contributed by atoms with Gasteiger partial charge in [-0.2, -0.15) is 0 Å². The van der Waals surface area contributed by atoms with E-state index in [1.165, 1.54) is 4.90 Å². The fourth-order valence-corrected chi connectivity index (χ4v) is 2.17. The number of rotatable bonds is 6. The van der Waals surface area contributed by atoms with Crippen LogP contribution in [0.4, 0.5) is 0 Å². The summed E-state index contributed by atoms with van der Waals surface area (Å²) in [5.74, 6) is -4.50. The minimum Gasteiger partial charge on any atom is -0.341 e. The number of carbonyl (C=O) groups is 4. The van der Waals surface area contributed by atoms with Crippen molar-refractivity contribution in [2.24, 2.45) is 5.92 Å².